The first kappa shape index (κ1) is 18.5. The molecule has 2 rings (SSSR count). The summed E-state index contributed by atoms with van der Waals surface area (Å²) in [5, 5.41) is 8.11. The monoisotopic (exact) mass is 362 g/mol. The van der Waals surface area contributed by atoms with Crippen LogP contribution in [0.15, 0.2) is 10.7 Å². The van der Waals surface area contributed by atoms with Gasteiger partial charge in [-0.2, -0.15) is 9.31 Å². The Morgan fingerprint density at radius 1 is 1.46 bits per heavy atom. The Hall–Kier alpha value is -1.88. The molecule has 1 fully saturated rings. The van der Waals surface area contributed by atoms with Gasteiger partial charge in [-0.3, -0.25) is 9.84 Å². The van der Waals surface area contributed by atoms with Crippen molar-refractivity contribution in [2.45, 2.75) is 20.3 Å². The van der Waals surface area contributed by atoms with Gasteiger partial charge in [0, 0.05) is 13.1 Å². The largest absolute Gasteiger partial charge is 0.449 e. The molecule has 136 valence electrons. The van der Waals surface area contributed by atoms with Gasteiger partial charge in [0.25, 0.3) is 6.20 Å². The maximum absolute atomic E-state index is 11.7. The number of aromatic nitrogens is 2. The zero-order valence-electron chi connectivity index (χ0n) is 14.1. The van der Waals surface area contributed by atoms with Gasteiger partial charge in [-0.1, -0.05) is 20.3 Å². The predicted molar refractivity (Wildman–Crippen MR) is 85.5 cm³/mol. The summed E-state index contributed by atoms with van der Waals surface area (Å²) in [7, 11) is -3.18. The molecule has 1 aliphatic rings. The van der Waals surface area contributed by atoms with Crippen LogP contribution in [0, 0.1) is 5.92 Å². The van der Waals surface area contributed by atoms with E-state index in [1.54, 1.807) is 0 Å². The maximum Gasteiger partial charge on any atom is 0.414 e. The minimum absolute atomic E-state index is 0.162. The molecular weight excluding hydrogens is 338 g/mol. The molecule has 1 aliphatic heterocycles. The number of carbonyl (C=O) groups excluding carboxylic acids is 1. The van der Waals surface area contributed by atoms with Crippen LogP contribution in [0.25, 0.3) is 0 Å². The van der Waals surface area contributed by atoms with Gasteiger partial charge in [-0.15, -0.1) is 0 Å². The van der Waals surface area contributed by atoms with E-state index in [1.807, 2.05) is 18.9 Å². The summed E-state index contributed by atoms with van der Waals surface area (Å²) in [5.41, 5.74) is 0. The van der Waals surface area contributed by atoms with Crippen LogP contribution in [0.2, 0.25) is 0 Å². The van der Waals surface area contributed by atoms with E-state index in [9.17, 15) is 13.2 Å². The predicted octanol–water partition coefficient (Wildman–Crippen LogP) is -0.230. The fraction of sp³-hybridized carbons (Fsp3) is 0.769. The van der Waals surface area contributed by atoms with Gasteiger partial charge in [-0.05, 0) is 5.92 Å². The molecule has 1 saturated heterocycles. The first-order valence-corrected chi connectivity index (χ1v) is 9.67. The van der Waals surface area contributed by atoms with E-state index in [-0.39, 0.29) is 5.88 Å². The van der Waals surface area contributed by atoms with Crippen molar-refractivity contribution in [2.75, 3.05) is 49.4 Å². The Balaban J connectivity index is 1.84. The summed E-state index contributed by atoms with van der Waals surface area (Å²) < 4.78 is 34.5. The zero-order chi connectivity index (χ0) is 17.7. The number of rotatable bonds is 6. The summed E-state index contributed by atoms with van der Waals surface area (Å²) in [5.74, 6) is 0.455. The quantitative estimate of drug-likeness (QED) is 0.696. The van der Waals surface area contributed by atoms with Gasteiger partial charge < -0.3 is 4.74 Å². The molecule has 11 heteroatoms. The Kier molecular flexibility index (Phi) is 5.99. The van der Waals surface area contributed by atoms with Gasteiger partial charge in [0.1, 0.15) is 0 Å². The van der Waals surface area contributed by atoms with Crippen molar-refractivity contribution in [3.05, 3.63) is 6.20 Å². The van der Waals surface area contributed by atoms with E-state index in [1.165, 1.54) is 21.5 Å². The molecular formula is C13H24N5O5S+. The van der Waals surface area contributed by atoms with Gasteiger partial charge in [-0.25, -0.2) is 13.2 Å². The van der Waals surface area contributed by atoms with Crippen molar-refractivity contribution in [1.29, 1.82) is 0 Å². The maximum atomic E-state index is 11.7. The number of sulfonamides is 1. The molecule has 1 N–H and O–H groups in total. The molecule has 10 nitrogen and oxygen atoms in total. The smallest absolute Gasteiger partial charge is 0.414 e. The Bertz CT molecular complexity index is 653. The fourth-order valence-electron chi connectivity index (χ4n) is 2.11. The van der Waals surface area contributed by atoms with Crippen molar-refractivity contribution in [2.24, 2.45) is 5.92 Å². The number of amides is 1. The second-order valence-electron chi connectivity index (χ2n) is 5.84. The first-order valence-electron chi connectivity index (χ1n) is 7.82. The summed E-state index contributed by atoms with van der Waals surface area (Å²) in [6.45, 7) is 6.05. The lowest BCUT2D eigenvalue weighted by atomic mass is 10.1. The minimum Gasteiger partial charge on any atom is -0.449 e. The van der Waals surface area contributed by atoms with Crippen molar-refractivity contribution >= 4 is 22.0 Å². The summed E-state index contributed by atoms with van der Waals surface area (Å²) >= 11 is 0. The lowest BCUT2D eigenvalue weighted by Crippen LogP contribution is -2.65. The minimum atomic E-state index is -3.18. The second-order valence-corrected chi connectivity index (χ2v) is 7.82. The van der Waals surface area contributed by atoms with Crippen molar-refractivity contribution in [3.8, 4) is 0 Å². The van der Waals surface area contributed by atoms with Crippen LogP contribution in [-0.2, 0) is 14.8 Å². The van der Waals surface area contributed by atoms with Gasteiger partial charge >= 0.3 is 12.0 Å². The van der Waals surface area contributed by atoms with Gasteiger partial charge in [0.15, 0.2) is 0 Å². The molecule has 1 aromatic rings. The van der Waals surface area contributed by atoms with Crippen molar-refractivity contribution in [3.63, 3.8) is 0 Å². The average Bonchev–Trinajstić information content (AvgIpc) is 3.00. The van der Waals surface area contributed by atoms with Crippen LogP contribution in [-0.4, -0.2) is 63.1 Å². The van der Waals surface area contributed by atoms with Crippen molar-refractivity contribution < 1.29 is 27.3 Å². The number of hydrogen-bond acceptors (Lipinski definition) is 7. The van der Waals surface area contributed by atoms with E-state index < -0.39 is 16.1 Å². The molecule has 0 saturated carbocycles. The SMILES string of the molecule is CCC(C)COC(=O)Nc1c[n+](N2CCN(S(C)(=O)=O)CC2)no1. The van der Waals surface area contributed by atoms with E-state index in [0.29, 0.717) is 38.7 Å². The fourth-order valence-corrected chi connectivity index (χ4v) is 2.94. The van der Waals surface area contributed by atoms with Crippen LogP contribution < -0.4 is 15.1 Å². The highest BCUT2D eigenvalue weighted by Crippen LogP contribution is 2.06. The van der Waals surface area contributed by atoms with Crippen LogP contribution in [0.5, 0.6) is 0 Å². The highest BCUT2D eigenvalue weighted by Gasteiger charge is 2.29. The number of ether oxygens (including phenoxy) is 1. The number of anilines is 1. The molecule has 0 radical (unpaired) electrons. The van der Waals surface area contributed by atoms with E-state index in [4.69, 9.17) is 9.26 Å². The topological polar surface area (TPSA) is 109 Å². The van der Waals surface area contributed by atoms with Gasteiger partial charge in [0.2, 0.25) is 15.3 Å². The zero-order valence-corrected chi connectivity index (χ0v) is 15.0. The molecule has 2 heterocycles. The molecule has 0 bridgehead atoms. The first-order chi connectivity index (χ1) is 11.3. The van der Waals surface area contributed by atoms with E-state index in [2.05, 4.69) is 10.6 Å². The van der Waals surface area contributed by atoms with E-state index in [0.717, 1.165) is 6.42 Å². The lowest BCUT2D eigenvalue weighted by Gasteiger charge is -2.27. The van der Waals surface area contributed by atoms with Crippen LogP contribution >= 0.6 is 0 Å². The normalized spacial score (nSPS) is 17.5. The molecule has 1 amide bonds. The van der Waals surface area contributed by atoms with Crippen molar-refractivity contribution in [1.82, 2.24) is 9.58 Å². The van der Waals surface area contributed by atoms with Gasteiger partial charge in [0.05, 0.1) is 30.7 Å². The third-order valence-electron chi connectivity index (χ3n) is 3.85. The summed E-state index contributed by atoms with van der Waals surface area (Å²) in [6.07, 6.45) is 3.04. The van der Waals surface area contributed by atoms with E-state index >= 15 is 0 Å². The number of hydrogen-bond donors (Lipinski definition) is 1. The number of carbonyl (C=O) groups is 1. The standard InChI is InChI=1S/C13H23N5O5S/c1-4-11(2)10-22-13(19)14-12-9-18(15-23-12)16-5-7-17(8-6-16)24(3,20)21/h9,11H,4-8,10H2,1-3H3/p+1. The average molecular weight is 362 g/mol. The van der Waals surface area contributed by atoms with Crippen LogP contribution in [0.1, 0.15) is 20.3 Å². The Morgan fingerprint density at radius 3 is 2.71 bits per heavy atom. The summed E-state index contributed by atoms with van der Waals surface area (Å²) in [4.78, 5) is 13.1. The van der Waals surface area contributed by atoms with Crippen LogP contribution in [0.3, 0.4) is 0 Å². The Labute approximate surface area is 141 Å². The Morgan fingerprint density at radius 2 is 2.12 bits per heavy atom. The second kappa shape index (κ2) is 7.79. The molecule has 0 aromatic carbocycles. The highest BCUT2D eigenvalue weighted by molar-refractivity contribution is 7.88. The third-order valence-corrected chi connectivity index (χ3v) is 5.15. The van der Waals surface area contributed by atoms with Crippen LogP contribution in [0.4, 0.5) is 10.7 Å². The number of nitrogens with zero attached hydrogens (tertiary/aromatic N) is 4. The molecule has 0 spiro atoms. The molecule has 0 aliphatic carbocycles. The highest BCUT2D eigenvalue weighted by atomic mass is 32.2. The molecule has 1 unspecified atom stereocenters. The molecule has 24 heavy (non-hydrogen) atoms. The molecule has 1 atom stereocenters. The summed E-state index contributed by atoms with van der Waals surface area (Å²) in [6, 6.07) is 0. The molecule has 1 aromatic heterocycles. The third kappa shape index (κ3) is 5.06. The lowest BCUT2D eigenvalue weighted by molar-refractivity contribution is -0.759. The number of piperazine rings is 1. The number of nitrogens with one attached hydrogen (secondary N) is 1.